The summed E-state index contributed by atoms with van der Waals surface area (Å²) in [5, 5.41) is 5.42. The van der Waals surface area contributed by atoms with Gasteiger partial charge in [0.25, 0.3) is 0 Å². The molecule has 0 aromatic heterocycles. The maximum absolute atomic E-state index is 11.8. The zero-order valence-electron chi connectivity index (χ0n) is 14.6. The average Bonchev–Trinajstić information content (AvgIpc) is 2.56. The highest BCUT2D eigenvalue weighted by atomic mass is 16.6. The summed E-state index contributed by atoms with van der Waals surface area (Å²) in [4.78, 5) is 22.8. The molecule has 6 heteroatoms. The van der Waals surface area contributed by atoms with Crippen LogP contribution in [0.25, 0.3) is 0 Å². The summed E-state index contributed by atoms with van der Waals surface area (Å²) in [6.45, 7) is 5.67. The molecule has 0 bridgehead atoms. The molecule has 0 aliphatic carbocycles. The lowest BCUT2D eigenvalue weighted by Crippen LogP contribution is -2.18. The van der Waals surface area contributed by atoms with Crippen LogP contribution >= 0.6 is 0 Å². The molecule has 2 N–H and O–H groups in total. The van der Waals surface area contributed by atoms with E-state index in [0.717, 1.165) is 16.8 Å². The molecule has 0 aliphatic rings. The molecule has 0 saturated carbocycles. The van der Waals surface area contributed by atoms with Crippen LogP contribution in [0, 0.1) is 13.8 Å². The van der Waals surface area contributed by atoms with Crippen molar-refractivity contribution in [3.63, 3.8) is 0 Å². The van der Waals surface area contributed by atoms with Gasteiger partial charge in [-0.1, -0.05) is 18.2 Å². The van der Waals surface area contributed by atoms with E-state index >= 15 is 0 Å². The molecule has 0 spiro atoms. The summed E-state index contributed by atoms with van der Waals surface area (Å²) in [7, 11) is 0. The molecule has 0 atom stereocenters. The molecule has 0 unspecified atom stereocenters. The minimum Gasteiger partial charge on any atom is -0.490 e. The van der Waals surface area contributed by atoms with E-state index < -0.39 is 6.09 Å². The molecular formula is C19H22N2O4. The number of hydrogen-bond donors (Lipinski definition) is 2. The van der Waals surface area contributed by atoms with E-state index in [4.69, 9.17) is 9.47 Å². The third kappa shape index (κ3) is 5.84. The third-order valence-electron chi connectivity index (χ3n) is 3.47. The second kappa shape index (κ2) is 8.73. The standard InChI is InChI=1S/C19H22N2O4/c1-13-5-4-6-14(2)18(13)21-19(23)25-12-11-24-17-9-7-16(8-10-17)20-15(3)22/h4-10H,11-12H2,1-3H3,(H,20,22)(H,21,23). The van der Waals surface area contributed by atoms with Crippen molar-refractivity contribution in [2.75, 3.05) is 23.8 Å². The Balaban J connectivity index is 1.73. The number of rotatable bonds is 6. The number of hydrogen-bond acceptors (Lipinski definition) is 4. The van der Waals surface area contributed by atoms with Gasteiger partial charge in [0.1, 0.15) is 19.0 Å². The van der Waals surface area contributed by atoms with Gasteiger partial charge in [0.2, 0.25) is 5.91 Å². The van der Waals surface area contributed by atoms with Crippen LogP contribution in [-0.2, 0) is 9.53 Å². The number of carbonyl (C=O) groups is 2. The van der Waals surface area contributed by atoms with Crippen LogP contribution < -0.4 is 15.4 Å². The number of aryl methyl sites for hydroxylation is 2. The maximum atomic E-state index is 11.8. The molecule has 2 aromatic rings. The fraction of sp³-hybridized carbons (Fsp3) is 0.263. The first kappa shape index (κ1) is 18.3. The molecular weight excluding hydrogens is 320 g/mol. The van der Waals surface area contributed by atoms with Gasteiger partial charge in [-0.15, -0.1) is 0 Å². The van der Waals surface area contributed by atoms with Crippen molar-refractivity contribution in [3.05, 3.63) is 53.6 Å². The largest absolute Gasteiger partial charge is 0.490 e. The van der Waals surface area contributed by atoms with Crippen molar-refractivity contribution in [2.24, 2.45) is 0 Å². The molecule has 0 saturated heterocycles. The first-order valence-electron chi connectivity index (χ1n) is 7.96. The number of amides is 2. The predicted octanol–water partition coefficient (Wildman–Crippen LogP) is 3.89. The van der Waals surface area contributed by atoms with Gasteiger partial charge in [-0.2, -0.15) is 0 Å². The van der Waals surface area contributed by atoms with Gasteiger partial charge in [-0.3, -0.25) is 10.1 Å². The van der Waals surface area contributed by atoms with Crippen LogP contribution in [0.5, 0.6) is 5.75 Å². The zero-order chi connectivity index (χ0) is 18.2. The van der Waals surface area contributed by atoms with Gasteiger partial charge >= 0.3 is 6.09 Å². The van der Waals surface area contributed by atoms with E-state index in [1.165, 1.54) is 6.92 Å². The van der Waals surface area contributed by atoms with Crippen LogP contribution in [-0.4, -0.2) is 25.2 Å². The molecule has 2 amide bonds. The van der Waals surface area contributed by atoms with E-state index in [-0.39, 0.29) is 19.1 Å². The summed E-state index contributed by atoms with van der Waals surface area (Å²) in [5.74, 6) is 0.504. The van der Waals surface area contributed by atoms with E-state index in [2.05, 4.69) is 10.6 Å². The molecule has 6 nitrogen and oxygen atoms in total. The van der Waals surface area contributed by atoms with Crippen LogP contribution in [0.2, 0.25) is 0 Å². The third-order valence-corrected chi connectivity index (χ3v) is 3.47. The maximum Gasteiger partial charge on any atom is 0.411 e. The molecule has 0 aliphatic heterocycles. The molecule has 2 aromatic carbocycles. The number of para-hydroxylation sites is 1. The van der Waals surface area contributed by atoms with Gasteiger partial charge in [-0.05, 0) is 49.2 Å². The zero-order valence-corrected chi connectivity index (χ0v) is 14.6. The van der Waals surface area contributed by atoms with E-state index in [1.54, 1.807) is 24.3 Å². The van der Waals surface area contributed by atoms with Crippen LogP contribution in [0.4, 0.5) is 16.2 Å². The Bertz CT molecular complexity index is 721. The summed E-state index contributed by atoms with van der Waals surface area (Å²) >= 11 is 0. The lowest BCUT2D eigenvalue weighted by molar-refractivity contribution is -0.114. The van der Waals surface area contributed by atoms with Crippen molar-refractivity contribution < 1.29 is 19.1 Å². The van der Waals surface area contributed by atoms with Gasteiger partial charge in [0.05, 0.1) is 0 Å². The van der Waals surface area contributed by atoms with Crippen LogP contribution in [0.1, 0.15) is 18.1 Å². The van der Waals surface area contributed by atoms with E-state index in [0.29, 0.717) is 11.4 Å². The Morgan fingerprint density at radius 1 is 0.920 bits per heavy atom. The van der Waals surface area contributed by atoms with Crippen molar-refractivity contribution in [1.29, 1.82) is 0 Å². The number of ether oxygens (including phenoxy) is 2. The SMILES string of the molecule is CC(=O)Nc1ccc(OCCOC(=O)Nc2c(C)cccc2C)cc1. The van der Waals surface area contributed by atoms with Gasteiger partial charge in [0, 0.05) is 18.3 Å². The first-order valence-corrected chi connectivity index (χ1v) is 7.96. The number of anilines is 2. The lowest BCUT2D eigenvalue weighted by atomic mass is 10.1. The lowest BCUT2D eigenvalue weighted by Gasteiger charge is -2.12. The smallest absolute Gasteiger partial charge is 0.411 e. The van der Waals surface area contributed by atoms with Crippen molar-refractivity contribution >= 4 is 23.4 Å². The summed E-state index contributed by atoms with van der Waals surface area (Å²) in [6, 6.07) is 12.7. The number of carbonyl (C=O) groups excluding carboxylic acids is 2. The second-order valence-corrected chi connectivity index (χ2v) is 5.58. The van der Waals surface area contributed by atoms with Crippen LogP contribution in [0.3, 0.4) is 0 Å². The van der Waals surface area contributed by atoms with Gasteiger partial charge < -0.3 is 14.8 Å². The summed E-state index contributed by atoms with van der Waals surface area (Å²) in [5.41, 5.74) is 3.42. The van der Waals surface area contributed by atoms with Gasteiger partial charge in [0.15, 0.2) is 0 Å². The molecule has 132 valence electrons. The summed E-state index contributed by atoms with van der Waals surface area (Å²) in [6.07, 6.45) is -0.512. The van der Waals surface area contributed by atoms with E-state index in [9.17, 15) is 9.59 Å². The molecule has 0 radical (unpaired) electrons. The van der Waals surface area contributed by atoms with Crippen molar-refractivity contribution in [2.45, 2.75) is 20.8 Å². The highest BCUT2D eigenvalue weighted by Crippen LogP contribution is 2.19. The highest BCUT2D eigenvalue weighted by Gasteiger charge is 2.08. The topological polar surface area (TPSA) is 76.7 Å². The molecule has 0 heterocycles. The van der Waals surface area contributed by atoms with E-state index in [1.807, 2.05) is 32.0 Å². The minimum absolute atomic E-state index is 0.128. The molecule has 25 heavy (non-hydrogen) atoms. The fourth-order valence-corrected chi connectivity index (χ4v) is 2.28. The molecule has 2 rings (SSSR count). The minimum atomic E-state index is -0.512. The Kier molecular flexibility index (Phi) is 6.39. The number of benzene rings is 2. The molecule has 0 fully saturated rings. The Labute approximate surface area is 147 Å². The monoisotopic (exact) mass is 342 g/mol. The van der Waals surface area contributed by atoms with Crippen LogP contribution in [0.15, 0.2) is 42.5 Å². The average molecular weight is 342 g/mol. The van der Waals surface area contributed by atoms with Crippen molar-refractivity contribution in [3.8, 4) is 5.75 Å². The predicted molar refractivity (Wildman–Crippen MR) is 97.1 cm³/mol. The first-order chi connectivity index (χ1) is 12.0. The number of nitrogens with one attached hydrogen (secondary N) is 2. The Hall–Kier alpha value is -3.02. The summed E-state index contributed by atoms with van der Waals surface area (Å²) < 4.78 is 10.6. The van der Waals surface area contributed by atoms with Crippen molar-refractivity contribution in [1.82, 2.24) is 0 Å². The normalized spacial score (nSPS) is 10.0. The Morgan fingerprint density at radius 2 is 1.56 bits per heavy atom. The fourth-order valence-electron chi connectivity index (χ4n) is 2.28. The van der Waals surface area contributed by atoms with Gasteiger partial charge in [-0.25, -0.2) is 4.79 Å². The quantitative estimate of drug-likeness (QED) is 0.781. The second-order valence-electron chi connectivity index (χ2n) is 5.58. The Morgan fingerprint density at radius 3 is 2.16 bits per heavy atom. The highest BCUT2D eigenvalue weighted by molar-refractivity contribution is 5.88.